The lowest BCUT2D eigenvalue weighted by Gasteiger charge is -2.48. The van der Waals surface area contributed by atoms with Crippen LogP contribution in [0.25, 0.3) is 0 Å². The van der Waals surface area contributed by atoms with E-state index in [-0.39, 0.29) is 5.54 Å². The Bertz CT molecular complexity index is 383. The standard InChI is InChI=1S/C18H34N2O2S/c1-5-18(14-16(4)22-12-6-17(18)23)20-9-7-19(8-10-20)11-13-21-15(2)3/h15-16H,5-14H2,1-4H3/t16-,18+/m0/s1. The molecule has 2 aliphatic rings. The lowest BCUT2D eigenvalue weighted by Crippen LogP contribution is -2.60. The van der Waals surface area contributed by atoms with Gasteiger partial charge in [0.05, 0.1) is 31.0 Å². The summed E-state index contributed by atoms with van der Waals surface area (Å²) in [5.41, 5.74) is 0.0613. The highest BCUT2D eigenvalue weighted by Crippen LogP contribution is 2.33. The van der Waals surface area contributed by atoms with Crippen molar-refractivity contribution in [1.82, 2.24) is 9.80 Å². The minimum absolute atomic E-state index is 0.0613. The smallest absolute Gasteiger partial charge is 0.0596 e. The van der Waals surface area contributed by atoms with Gasteiger partial charge in [-0.15, -0.1) is 0 Å². The molecule has 2 fully saturated rings. The molecule has 134 valence electrons. The van der Waals surface area contributed by atoms with Crippen LogP contribution in [0.4, 0.5) is 0 Å². The molecule has 23 heavy (non-hydrogen) atoms. The molecule has 0 N–H and O–H groups in total. The highest BCUT2D eigenvalue weighted by atomic mass is 32.1. The second-order valence-electron chi connectivity index (χ2n) is 7.19. The highest BCUT2D eigenvalue weighted by Gasteiger charge is 2.42. The summed E-state index contributed by atoms with van der Waals surface area (Å²) in [4.78, 5) is 6.36. The second-order valence-corrected chi connectivity index (χ2v) is 7.68. The summed E-state index contributed by atoms with van der Waals surface area (Å²) in [6, 6.07) is 0. The summed E-state index contributed by atoms with van der Waals surface area (Å²) in [6.45, 7) is 15.7. The Morgan fingerprint density at radius 3 is 2.61 bits per heavy atom. The van der Waals surface area contributed by atoms with Gasteiger partial charge in [0.15, 0.2) is 0 Å². The SMILES string of the molecule is CC[C@@]1(N2CCN(CCOC(C)C)CC2)C[C@H](C)OCCC1=S. The molecule has 0 unspecified atom stereocenters. The quantitative estimate of drug-likeness (QED) is 0.691. The number of piperazine rings is 1. The zero-order valence-electron chi connectivity index (χ0n) is 15.3. The number of thiocarbonyl (C=S) groups is 1. The monoisotopic (exact) mass is 342 g/mol. The van der Waals surface area contributed by atoms with E-state index in [1.807, 2.05) is 0 Å². The zero-order valence-corrected chi connectivity index (χ0v) is 16.2. The lowest BCUT2D eigenvalue weighted by molar-refractivity contribution is 0.00766. The van der Waals surface area contributed by atoms with E-state index in [0.29, 0.717) is 12.2 Å². The van der Waals surface area contributed by atoms with Gasteiger partial charge in [0.1, 0.15) is 0 Å². The molecule has 0 aliphatic carbocycles. The fourth-order valence-electron chi connectivity index (χ4n) is 3.92. The molecule has 2 saturated heterocycles. The van der Waals surface area contributed by atoms with E-state index in [1.165, 1.54) is 4.86 Å². The normalized spacial score (nSPS) is 31.5. The van der Waals surface area contributed by atoms with Crippen molar-refractivity contribution in [1.29, 1.82) is 0 Å². The first-order valence-corrected chi connectivity index (χ1v) is 9.62. The van der Waals surface area contributed by atoms with E-state index in [1.54, 1.807) is 0 Å². The summed E-state index contributed by atoms with van der Waals surface area (Å²) in [5.74, 6) is 0. The maximum Gasteiger partial charge on any atom is 0.0596 e. The molecule has 0 aromatic heterocycles. The minimum atomic E-state index is 0.0613. The number of rotatable bonds is 6. The molecule has 2 atom stereocenters. The summed E-state index contributed by atoms with van der Waals surface area (Å²) < 4.78 is 11.6. The Kier molecular flexibility index (Phi) is 7.42. The molecule has 2 aliphatic heterocycles. The maximum atomic E-state index is 5.88. The molecular formula is C18H34N2O2S. The Hall–Kier alpha value is -0.0700. The van der Waals surface area contributed by atoms with Crippen LogP contribution in [0.15, 0.2) is 0 Å². The van der Waals surface area contributed by atoms with Crippen LogP contribution in [-0.4, -0.2) is 78.3 Å². The molecule has 0 bridgehead atoms. The molecule has 5 heteroatoms. The van der Waals surface area contributed by atoms with Gasteiger partial charge in [-0.05, 0) is 33.6 Å². The first-order valence-electron chi connectivity index (χ1n) is 9.22. The van der Waals surface area contributed by atoms with Gasteiger partial charge in [-0.1, -0.05) is 19.1 Å². The third-order valence-electron chi connectivity index (χ3n) is 5.30. The largest absolute Gasteiger partial charge is 0.378 e. The third kappa shape index (κ3) is 4.95. The lowest BCUT2D eigenvalue weighted by atomic mass is 9.83. The van der Waals surface area contributed by atoms with Crippen LogP contribution < -0.4 is 0 Å². The average molecular weight is 343 g/mol. The van der Waals surface area contributed by atoms with Gasteiger partial charge in [0, 0.05) is 44.0 Å². The molecule has 0 aromatic rings. The molecule has 0 spiro atoms. The van der Waals surface area contributed by atoms with Crippen LogP contribution in [0.5, 0.6) is 0 Å². The molecule has 2 heterocycles. The molecule has 0 aromatic carbocycles. The number of hydrogen-bond donors (Lipinski definition) is 0. The molecule has 0 amide bonds. The molecular weight excluding hydrogens is 308 g/mol. The van der Waals surface area contributed by atoms with Crippen LogP contribution in [0.1, 0.15) is 47.0 Å². The summed E-state index contributed by atoms with van der Waals surface area (Å²) >= 11 is 5.83. The van der Waals surface area contributed by atoms with Crippen molar-refractivity contribution in [3.63, 3.8) is 0 Å². The van der Waals surface area contributed by atoms with E-state index in [0.717, 1.165) is 65.2 Å². The first-order chi connectivity index (χ1) is 11.0. The van der Waals surface area contributed by atoms with Crippen LogP contribution in [0.2, 0.25) is 0 Å². The second kappa shape index (κ2) is 8.86. The van der Waals surface area contributed by atoms with Crippen molar-refractivity contribution >= 4 is 17.1 Å². The zero-order chi connectivity index (χ0) is 16.9. The summed E-state index contributed by atoms with van der Waals surface area (Å²) in [6.07, 6.45) is 3.68. The van der Waals surface area contributed by atoms with Crippen LogP contribution in [-0.2, 0) is 9.47 Å². The highest BCUT2D eigenvalue weighted by molar-refractivity contribution is 7.80. The molecule has 0 saturated carbocycles. The summed E-state index contributed by atoms with van der Waals surface area (Å²) in [5, 5.41) is 0. The van der Waals surface area contributed by atoms with Gasteiger partial charge in [0.25, 0.3) is 0 Å². The Morgan fingerprint density at radius 2 is 2.00 bits per heavy atom. The Labute approximate surface area is 147 Å². The van der Waals surface area contributed by atoms with E-state index in [9.17, 15) is 0 Å². The van der Waals surface area contributed by atoms with E-state index in [2.05, 4.69) is 37.5 Å². The first kappa shape index (κ1) is 19.3. The van der Waals surface area contributed by atoms with Crippen LogP contribution in [0, 0.1) is 0 Å². The van der Waals surface area contributed by atoms with Crippen molar-refractivity contribution in [2.75, 3.05) is 45.9 Å². The average Bonchev–Trinajstić information content (AvgIpc) is 2.67. The van der Waals surface area contributed by atoms with Crippen molar-refractivity contribution in [3.8, 4) is 0 Å². The minimum Gasteiger partial charge on any atom is -0.378 e. The topological polar surface area (TPSA) is 24.9 Å². The van der Waals surface area contributed by atoms with Crippen molar-refractivity contribution < 1.29 is 9.47 Å². The Morgan fingerprint density at radius 1 is 1.30 bits per heavy atom. The van der Waals surface area contributed by atoms with E-state index in [4.69, 9.17) is 21.7 Å². The van der Waals surface area contributed by atoms with Crippen molar-refractivity contribution in [2.24, 2.45) is 0 Å². The maximum absolute atomic E-state index is 5.88. The summed E-state index contributed by atoms with van der Waals surface area (Å²) in [7, 11) is 0. The fraction of sp³-hybridized carbons (Fsp3) is 0.944. The number of nitrogens with zero attached hydrogens (tertiary/aromatic N) is 2. The van der Waals surface area contributed by atoms with Crippen LogP contribution >= 0.6 is 12.2 Å². The van der Waals surface area contributed by atoms with Gasteiger partial charge < -0.3 is 9.47 Å². The van der Waals surface area contributed by atoms with Crippen molar-refractivity contribution in [2.45, 2.75) is 64.7 Å². The third-order valence-corrected chi connectivity index (χ3v) is 5.88. The molecule has 2 rings (SSSR count). The fourth-order valence-corrected chi connectivity index (χ4v) is 4.36. The predicted octanol–water partition coefficient (Wildman–Crippen LogP) is 2.75. The van der Waals surface area contributed by atoms with E-state index >= 15 is 0 Å². The van der Waals surface area contributed by atoms with Gasteiger partial charge in [-0.3, -0.25) is 9.80 Å². The van der Waals surface area contributed by atoms with E-state index < -0.39 is 0 Å². The van der Waals surface area contributed by atoms with Gasteiger partial charge in [0.2, 0.25) is 0 Å². The van der Waals surface area contributed by atoms with Gasteiger partial charge >= 0.3 is 0 Å². The van der Waals surface area contributed by atoms with Crippen molar-refractivity contribution in [3.05, 3.63) is 0 Å². The molecule has 0 radical (unpaired) electrons. The van der Waals surface area contributed by atoms with Gasteiger partial charge in [-0.2, -0.15) is 0 Å². The molecule has 4 nitrogen and oxygen atoms in total. The Balaban J connectivity index is 1.92. The van der Waals surface area contributed by atoms with Gasteiger partial charge in [-0.25, -0.2) is 0 Å². The number of ether oxygens (including phenoxy) is 2. The van der Waals surface area contributed by atoms with Crippen LogP contribution in [0.3, 0.4) is 0 Å². The predicted molar refractivity (Wildman–Crippen MR) is 99.4 cm³/mol. The number of hydrogen-bond acceptors (Lipinski definition) is 5.